The van der Waals surface area contributed by atoms with Crippen LogP contribution in [0.1, 0.15) is 507 Å². The van der Waals surface area contributed by atoms with Crippen molar-refractivity contribution in [1.29, 1.82) is 0 Å². The fourth-order valence-electron chi connectivity index (χ4n) is 44.1. The number of hydrogen-bond donors (Lipinski definition) is 10. The van der Waals surface area contributed by atoms with Crippen molar-refractivity contribution in [2.45, 2.75) is 563 Å². The SMILES string of the molecule is C#CC(C)(O)CC[C@@H](C)[C@H]1CC[C@H]2[C@@H]3CC=C4C[C@@](C)(O)CC[C@]4(C)[C@H]3CC[C@]12C.C#CC(C)(O)CC[C@@H](C)[C@H]1CC[C@H]2[C@@H]3CC[C@H]4C[C@@](C)(O)CC[C@]4(C)[C@H]3CC[C@]12C.C#C[C@@](C)(O)CC[C@@H](C)[C@H]1CC[C@H]2[C@@H]3CC=C4C[C@@](C)(O)CC[C@]4(C)[C@H]3CC[C@]12C.C#C[C@](C)(O)CC[C@@H](C)[C@H]1CC[C@H]2[C@@H]3CC=C4C[C@@](C)(O)CC[C@]4(C)[C@H]3CC[C@]12C.C#C[C@](C)(O)CC[C@@H](C)[C@H]1CC[C@H]2[C@@H]3CC[C@H]4C[C@@](C)(O)CC[C@]4(C)[C@H]3CC[C@]12C. The summed E-state index contributed by atoms with van der Waals surface area (Å²) in [4.78, 5) is 0. The van der Waals surface area contributed by atoms with E-state index >= 15 is 0 Å². The van der Waals surface area contributed by atoms with Crippen LogP contribution in [0.2, 0.25) is 0 Å². The Morgan fingerprint density at radius 3 is 0.667 bits per heavy atom. The van der Waals surface area contributed by atoms with E-state index < -0.39 is 56.0 Å². The van der Waals surface area contributed by atoms with Crippen molar-refractivity contribution in [3.8, 4) is 61.7 Å². The molecule has 47 atom stereocenters. The fourth-order valence-corrected chi connectivity index (χ4v) is 44.1. The number of hydrogen-bond acceptors (Lipinski definition) is 10. The van der Waals surface area contributed by atoms with Gasteiger partial charge >= 0.3 is 0 Å². The summed E-state index contributed by atoms with van der Waals surface area (Å²) in [5.41, 5.74) is 1.52. The normalized spacial score (nSPS) is 49.5. The standard InChI is InChI=1S/2C28H46O2.3C28H44O2/c5*1-7-25(3,29)14-12-19(2)22-10-11-23-21-9-8-20-18-26(4,30)16-17-27(20,5)24(21)13-15-28(22,23)6/h2*1,19-24,29-30H,8-18H2,2-6H3;3*1,8,19,21-24,29-30H,9-18H2,2-6H3/t19-,20+,21+,22-,23+,24+,25?,26+,27+,28-;19-,20+,21+,22-,23+,24+,25+,26+,27+,28-;19-,21+,22-,23+,24+,25?,26+,27+,28-;19-,21+,22-,23+,24+,25+,26+,27+,28-;19-,21+,22-,23+,24+,25-,26+,27+,28-/m11111/s1. The van der Waals surface area contributed by atoms with Crippen LogP contribution in [0.25, 0.3) is 0 Å². The monoisotopic (exact) mass is 2070 g/mol. The largest absolute Gasteiger partial charge is 0.390 e. The van der Waals surface area contributed by atoms with Crippen LogP contribution in [0.5, 0.6) is 0 Å². The topological polar surface area (TPSA) is 202 Å². The van der Waals surface area contributed by atoms with Gasteiger partial charge in [0, 0.05) is 0 Å². The molecule has 17 fully saturated rings. The Morgan fingerprint density at radius 1 is 0.247 bits per heavy atom. The van der Waals surface area contributed by atoms with Crippen LogP contribution in [-0.2, 0) is 0 Å². The minimum absolute atomic E-state index is 0.307. The molecule has 0 spiro atoms. The molecule has 0 heterocycles. The van der Waals surface area contributed by atoms with Crippen molar-refractivity contribution in [2.75, 3.05) is 0 Å². The highest BCUT2D eigenvalue weighted by atomic mass is 16.3. The molecule has 0 radical (unpaired) electrons. The molecule has 0 aromatic carbocycles. The first-order chi connectivity index (χ1) is 69.6. The maximum Gasteiger partial charge on any atom is 0.122 e. The highest BCUT2D eigenvalue weighted by Gasteiger charge is 2.69. The van der Waals surface area contributed by atoms with Crippen LogP contribution < -0.4 is 0 Å². The van der Waals surface area contributed by atoms with E-state index in [4.69, 9.17) is 32.1 Å². The molecule has 10 heteroatoms. The molecule has 20 rings (SSSR count). The lowest BCUT2D eigenvalue weighted by atomic mass is 9.43. The number of terminal acetylenes is 5. The van der Waals surface area contributed by atoms with E-state index in [1.54, 1.807) is 51.3 Å². The Hall–Kier alpha value is -3.38. The van der Waals surface area contributed by atoms with E-state index in [1.165, 1.54) is 186 Å². The minimum atomic E-state index is -0.966. The molecule has 0 aromatic heterocycles. The lowest BCUT2D eigenvalue weighted by molar-refractivity contribution is -0.148. The van der Waals surface area contributed by atoms with Crippen molar-refractivity contribution in [2.24, 2.45) is 214 Å². The highest BCUT2D eigenvalue weighted by Crippen LogP contribution is 2.76. The molecule has 20 aliphatic rings. The van der Waals surface area contributed by atoms with Gasteiger partial charge in [-0.2, -0.15) is 0 Å². The van der Waals surface area contributed by atoms with Gasteiger partial charge in [0.15, 0.2) is 0 Å². The van der Waals surface area contributed by atoms with Crippen LogP contribution in [0, 0.1) is 276 Å². The van der Waals surface area contributed by atoms with E-state index in [9.17, 15) is 51.1 Å². The Kier molecular flexibility index (Phi) is 34.0. The molecule has 17 saturated carbocycles. The van der Waals surface area contributed by atoms with Gasteiger partial charge in [0.2, 0.25) is 0 Å². The zero-order chi connectivity index (χ0) is 110. The summed E-state index contributed by atoms with van der Waals surface area (Å²) < 4.78 is 0. The molecule has 0 bridgehead atoms. The zero-order valence-corrected chi connectivity index (χ0v) is 100. The maximum absolute atomic E-state index is 10.7. The Morgan fingerprint density at radius 2 is 0.447 bits per heavy atom. The molecule has 844 valence electrons. The molecule has 0 aromatic rings. The average Bonchev–Trinajstić information content (AvgIpc) is 1.58. The van der Waals surface area contributed by atoms with Gasteiger partial charge in [0.1, 0.15) is 28.0 Å². The summed E-state index contributed by atoms with van der Waals surface area (Å²) >= 11 is 0. The summed E-state index contributed by atoms with van der Waals surface area (Å²) in [7, 11) is 0. The summed E-state index contributed by atoms with van der Waals surface area (Å²) in [6, 6.07) is 0. The van der Waals surface area contributed by atoms with Gasteiger partial charge in [0.25, 0.3) is 0 Å². The molecular weight excluding hydrogens is 1840 g/mol. The van der Waals surface area contributed by atoms with Crippen LogP contribution >= 0.6 is 0 Å². The molecule has 10 N–H and O–H groups in total. The van der Waals surface area contributed by atoms with Gasteiger partial charge in [-0.25, -0.2) is 0 Å². The Labute approximate surface area is 918 Å². The molecule has 0 aliphatic heterocycles. The Bertz CT molecular complexity index is 4600. The second kappa shape index (κ2) is 42.8. The van der Waals surface area contributed by atoms with Crippen LogP contribution in [0.3, 0.4) is 0 Å². The zero-order valence-electron chi connectivity index (χ0n) is 100. The third kappa shape index (κ3) is 22.8. The van der Waals surface area contributed by atoms with Crippen molar-refractivity contribution >= 4 is 0 Å². The van der Waals surface area contributed by atoms with Gasteiger partial charge in [-0.3, -0.25) is 0 Å². The molecule has 0 saturated heterocycles. The van der Waals surface area contributed by atoms with E-state index in [-0.39, 0.29) is 0 Å². The van der Waals surface area contributed by atoms with Gasteiger partial charge in [-0.05, 0) is 617 Å². The third-order valence-corrected chi connectivity index (χ3v) is 53.8. The lowest BCUT2D eigenvalue weighted by Crippen LogP contribution is -2.55. The highest BCUT2D eigenvalue weighted by molar-refractivity contribution is 5.32. The molecular formula is C140H224O10. The summed E-state index contributed by atoms with van der Waals surface area (Å²) in [5.74, 6) is 33.7. The van der Waals surface area contributed by atoms with Crippen molar-refractivity contribution in [3.05, 3.63) is 34.9 Å². The van der Waals surface area contributed by atoms with Gasteiger partial charge in [0.05, 0.1) is 28.0 Å². The van der Waals surface area contributed by atoms with Crippen molar-refractivity contribution < 1.29 is 51.1 Å². The number of aliphatic hydroxyl groups is 10. The quantitative estimate of drug-likeness (QED) is 0.0413. The number of fused-ring (bicyclic) bond motifs is 25. The first-order valence-electron chi connectivity index (χ1n) is 63.3. The van der Waals surface area contributed by atoms with E-state index in [2.05, 4.69) is 166 Å². The van der Waals surface area contributed by atoms with Gasteiger partial charge in [-0.1, -0.05) is 168 Å². The van der Waals surface area contributed by atoms with Crippen molar-refractivity contribution in [1.82, 2.24) is 0 Å². The maximum atomic E-state index is 10.7. The summed E-state index contributed by atoms with van der Waals surface area (Å²) in [6.07, 6.45) is 95.6. The fraction of sp³-hybridized carbons (Fsp3) is 0.886. The molecule has 150 heavy (non-hydrogen) atoms. The average molecular weight is 2070 g/mol. The minimum Gasteiger partial charge on any atom is -0.390 e. The molecule has 2 unspecified atom stereocenters. The van der Waals surface area contributed by atoms with E-state index in [1.807, 2.05) is 20.8 Å². The van der Waals surface area contributed by atoms with Crippen LogP contribution in [0.15, 0.2) is 34.9 Å². The second-order valence-electron chi connectivity index (χ2n) is 63.8. The molecule has 0 amide bonds. The number of rotatable bonds is 20. The van der Waals surface area contributed by atoms with Crippen molar-refractivity contribution in [3.63, 3.8) is 0 Å². The summed E-state index contributed by atoms with van der Waals surface area (Å²) in [5, 5.41) is 105. The first-order valence-corrected chi connectivity index (χ1v) is 63.3. The van der Waals surface area contributed by atoms with Crippen LogP contribution in [-0.4, -0.2) is 107 Å². The molecule has 20 aliphatic carbocycles. The summed E-state index contributed by atoms with van der Waals surface area (Å²) in [6.45, 7) is 56.9. The predicted octanol–water partition coefficient (Wildman–Crippen LogP) is 30.7. The lowest BCUT2D eigenvalue weighted by Gasteiger charge is -2.62. The van der Waals surface area contributed by atoms with E-state index in [0.717, 1.165) is 234 Å². The Balaban J connectivity index is 0.000000133. The predicted molar refractivity (Wildman–Crippen MR) is 618 cm³/mol. The second-order valence-corrected chi connectivity index (χ2v) is 63.8. The molecule has 10 nitrogen and oxygen atoms in total. The first kappa shape index (κ1) is 119. The van der Waals surface area contributed by atoms with E-state index in [0.29, 0.717) is 128 Å². The smallest absolute Gasteiger partial charge is 0.122 e. The van der Waals surface area contributed by atoms with Gasteiger partial charge in [-0.15, -0.1) is 32.1 Å². The van der Waals surface area contributed by atoms with Gasteiger partial charge < -0.3 is 51.1 Å². The van der Waals surface area contributed by atoms with Crippen LogP contribution in [0.4, 0.5) is 0 Å². The third-order valence-electron chi connectivity index (χ3n) is 53.8. The number of allylic oxidation sites excluding steroid dienone is 3.